The Kier molecular flexibility index (Phi) is 6.76. The molecular weight excluding hydrogens is 548 g/mol. The minimum Gasteiger partial charge on any atom is -0.387 e. The molecule has 6 nitrogen and oxygen atoms in total. The molecule has 0 spiro atoms. The summed E-state index contributed by atoms with van der Waals surface area (Å²) in [6.45, 7) is 0. The van der Waals surface area contributed by atoms with Crippen molar-refractivity contribution in [2.75, 3.05) is 18.1 Å². The number of ketones is 1. The van der Waals surface area contributed by atoms with Crippen LogP contribution in [0.1, 0.15) is 5.56 Å². The van der Waals surface area contributed by atoms with Gasteiger partial charge in [-0.3, -0.25) is 14.2 Å². The fourth-order valence-corrected chi connectivity index (χ4v) is 6.81. The molecule has 0 atom stereocenters. The molecule has 4 rings (SSSR count). The first-order chi connectivity index (χ1) is 15.7. The first kappa shape index (κ1) is 23.7. The van der Waals surface area contributed by atoms with Crippen molar-refractivity contribution < 1.29 is 13.2 Å². The molecule has 2 aromatic carbocycles. The Morgan fingerprint density at radius 2 is 1.85 bits per heavy atom. The van der Waals surface area contributed by atoms with E-state index in [1.165, 1.54) is 16.7 Å². The zero-order valence-electron chi connectivity index (χ0n) is 17.3. The number of carbonyl (C=O) groups is 1. The minimum atomic E-state index is -3.71. The Morgan fingerprint density at radius 1 is 1.12 bits per heavy atom. The van der Waals surface area contributed by atoms with Crippen LogP contribution in [-0.2, 0) is 21.1 Å². The summed E-state index contributed by atoms with van der Waals surface area (Å²) < 4.78 is 27.5. The number of sulfone groups is 1. The normalized spacial score (nSPS) is 11.6. The van der Waals surface area contributed by atoms with E-state index in [-0.39, 0.29) is 16.2 Å². The molecule has 0 aliphatic carbocycles. The topological polar surface area (TPSA) is 85.2 Å². The smallest absolute Gasteiger partial charge is 0.262 e. The molecule has 0 saturated heterocycles. The van der Waals surface area contributed by atoms with E-state index < -0.39 is 21.4 Å². The molecule has 2 heterocycles. The number of fused-ring (bicyclic) bond motifs is 1. The van der Waals surface area contributed by atoms with Crippen LogP contribution in [0.4, 0.5) is 5.69 Å². The van der Waals surface area contributed by atoms with Crippen molar-refractivity contribution in [2.45, 2.75) is 10.6 Å². The zero-order valence-corrected chi connectivity index (χ0v) is 21.3. The number of rotatable bonds is 7. The fourth-order valence-electron chi connectivity index (χ4n) is 3.46. The summed E-state index contributed by atoms with van der Waals surface area (Å²) in [7, 11) is -1.90. The van der Waals surface area contributed by atoms with Crippen LogP contribution < -0.4 is 10.9 Å². The number of hydrogen-bond acceptors (Lipinski definition) is 6. The summed E-state index contributed by atoms with van der Waals surface area (Å²) >= 11 is 10.2. The van der Waals surface area contributed by atoms with Gasteiger partial charge in [-0.05, 0) is 69.3 Å². The van der Waals surface area contributed by atoms with Gasteiger partial charge in [0.15, 0.2) is 15.6 Å². The standard InChI is InChI=1S/C23H18BrClN2O4S2/c1-26-20-11-15-8-9-27(23(29)18(15)12-19(20)24)16-4-2-14(3-5-16)10-17(28)13-33(30,31)22-7-6-21(25)32-22/h2-9,11-12,26H,10,13H2,1H3. The van der Waals surface area contributed by atoms with Crippen molar-refractivity contribution in [2.24, 2.45) is 0 Å². The van der Waals surface area contributed by atoms with E-state index in [1.807, 2.05) is 19.2 Å². The van der Waals surface area contributed by atoms with E-state index in [1.54, 1.807) is 36.5 Å². The van der Waals surface area contributed by atoms with E-state index in [9.17, 15) is 18.0 Å². The van der Waals surface area contributed by atoms with Crippen LogP contribution in [0.5, 0.6) is 0 Å². The Balaban J connectivity index is 1.54. The van der Waals surface area contributed by atoms with Crippen LogP contribution >= 0.6 is 38.9 Å². The molecule has 33 heavy (non-hydrogen) atoms. The molecule has 0 unspecified atom stereocenters. The van der Waals surface area contributed by atoms with Gasteiger partial charge in [-0.2, -0.15) is 0 Å². The lowest BCUT2D eigenvalue weighted by molar-refractivity contribution is -0.116. The average Bonchev–Trinajstić information content (AvgIpc) is 3.22. The summed E-state index contributed by atoms with van der Waals surface area (Å²) in [5, 5.41) is 4.46. The average molecular weight is 566 g/mol. The molecule has 1 N–H and O–H groups in total. The predicted octanol–water partition coefficient (Wildman–Crippen LogP) is 5.10. The molecule has 0 saturated carbocycles. The van der Waals surface area contributed by atoms with Gasteiger partial charge in [0, 0.05) is 40.9 Å². The minimum absolute atomic E-state index is 0.0228. The lowest BCUT2D eigenvalue weighted by Gasteiger charge is -2.10. The maximum atomic E-state index is 13.0. The van der Waals surface area contributed by atoms with Gasteiger partial charge in [-0.1, -0.05) is 23.7 Å². The van der Waals surface area contributed by atoms with Crippen molar-refractivity contribution in [1.82, 2.24) is 4.57 Å². The number of pyridine rings is 1. The quantitative estimate of drug-likeness (QED) is 0.337. The summed E-state index contributed by atoms with van der Waals surface area (Å²) in [6.07, 6.45) is 1.68. The van der Waals surface area contributed by atoms with E-state index in [4.69, 9.17) is 11.6 Å². The molecule has 4 aromatic rings. The maximum Gasteiger partial charge on any atom is 0.262 e. The molecule has 0 fully saturated rings. The van der Waals surface area contributed by atoms with Gasteiger partial charge < -0.3 is 5.32 Å². The summed E-state index contributed by atoms with van der Waals surface area (Å²) in [5.74, 6) is -1.00. The number of halogens is 2. The maximum absolute atomic E-state index is 13.0. The number of hydrogen-bond donors (Lipinski definition) is 1. The number of nitrogens with zero attached hydrogens (tertiary/aromatic N) is 1. The Bertz CT molecular complexity index is 1530. The number of Topliss-reactive ketones (excluding diaryl/α,β-unsaturated/α-hetero) is 1. The third-order valence-corrected chi connectivity index (χ3v) is 9.23. The molecule has 0 aliphatic heterocycles. The molecule has 0 bridgehead atoms. The highest BCUT2D eigenvalue weighted by atomic mass is 79.9. The number of anilines is 1. The first-order valence-corrected chi connectivity index (χ1v) is 13.4. The molecule has 170 valence electrons. The van der Waals surface area contributed by atoms with Crippen LogP contribution in [0.25, 0.3) is 16.5 Å². The van der Waals surface area contributed by atoms with Gasteiger partial charge >= 0.3 is 0 Å². The summed E-state index contributed by atoms with van der Waals surface area (Å²) in [6, 6.07) is 15.4. The van der Waals surface area contributed by atoms with Crippen LogP contribution in [0.2, 0.25) is 4.34 Å². The lowest BCUT2D eigenvalue weighted by Crippen LogP contribution is -2.18. The van der Waals surface area contributed by atoms with Crippen molar-refractivity contribution in [1.29, 1.82) is 0 Å². The van der Waals surface area contributed by atoms with Crippen molar-refractivity contribution in [3.05, 3.63) is 85.5 Å². The van der Waals surface area contributed by atoms with Crippen molar-refractivity contribution in [3.8, 4) is 5.69 Å². The number of thiophene rings is 1. The Morgan fingerprint density at radius 3 is 2.48 bits per heavy atom. The second-order valence-electron chi connectivity index (χ2n) is 7.36. The molecule has 0 aliphatic rings. The van der Waals surface area contributed by atoms with E-state index in [0.29, 0.717) is 21.0 Å². The van der Waals surface area contributed by atoms with E-state index >= 15 is 0 Å². The highest BCUT2D eigenvalue weighted by Gasteiger charge is 2.21. The van der Waals surface area contributed by atoms with Crippen molar-refractivity contribution in [3.63, 3.8) is 0 Å². The Labute approximate surface area is 207 Å². The summed E-state index contributed by atoms with van der Waals surface area (Å²) in [4.78, 5) is 25.4. The molecular formula is C23H18BrClN2O4S2. The summed E-state index contributed by atoms with van der Waals surface area (Å²) in [5.41, 5.74) is 2.03. The highest BCUT2D eigenvalue weighted by molar-refractivity contribution is 9.10. The Hall–Kier alpha value is -2.46. The lowest BCUT2D eigenvalue weighted by atomic mass is 10.1. The van der Waals surface area contributed by atoms with E-state index in [0.717, 1.165) is 26.9 Å². The molecule has 10 heteroatoms. The van der Waals surface area contributed by atoms with Gasteiger partial charge in [0.25, 0.3) is 5.56 Å². The third-order valence-electron chi connectivity index (χ3n) is 5.08. The monoisotopic (exact) mass is 564 g/mol. The van der Waals surface area contributed by atoms with Crippen LogP contribution in [0.3, 0.4) is 0 Å². The molecule has 0 amide bonds. The van der Waals surface area contributed by atoms with Gasteiger partial charge in [-0.15, -0.1) is 11.3 Å². The number of nitrogens with one attached hydrogen (secondary N) is 1. The first-order valence-electron chi connectivity index (χ1n) is 9.80. The van der Waals surface area contributed by atoms with Gasteiger partial charge in [0.05, 0.1) is 4.34 Å². The van der Waals surface area contributed by atoms with E-state index in [2.05, 4.69) is 21.2 Å². The number of carbonyl (C=O) groups excluding carboxylic acids is 1. The largest absolute Gasteiger partial charge is 0.387 e. The zero-order chi connectivity index (χ0) is 23.8. The van der Waals surface area contributed by atoms with Crippen LogP contribution in [-0.4, -0.2) is 31.6 Å². The molecule has 2 aromatic heterocycles. The SMILES string of the molecule is CNc1cc2ccn(-c3ccc(CC(=O)CS(=O)(=O)c4ccc(Cl)s4)cc3)c(=O)c2cc1Br. The van der Waals surface area contributed by atoms with Crippen LogP contribution in [0, 0.1) is 0 Å². The third kappa shape index (κ3) is 5.06. The second-order valence-corrected chi connectivity index (χ2v) is 12.1. The number of benzene rings is 2. The van der Waals surface area contributed by atoms with Gasteiger partial charge in [0.1, 0.15) is 9.96 Å². The van der Waals surface area contributed by atoms with Gasteiger partial charge in [-0.25, -0.2) is 8.42 Å². The van der Waals surface area contributed by atoms with Gasteiger partial charge in [0.2, 0.25) is 0 Å². The predicted molar refractivity (Wildman–Crippen MR) is 137 cm³/mol. The number of aromatic nitrogens is 1. The fraction of sp³-hybridized carbons (Fsp3) is 0.130. The van der Waals surface area contributed by atoms with Crippen LogP contribution in [0.15, 0.2) is 74.3 Å². The highest BCUT2D eigenvalue weighted by Crippen LogP contribution is 2.28. The second kappa shape index (κ2) is 9.42. The van der Waals surface area contributed by atoms with Crippen molar-refractivity contribution >= 4 is 70.9 Å². The molecule has 0 radical (unpaired) electrons.